The summed E-state index contributed by atoms with van der Waals surface area (Å²) in [5.41, 5.74) is 5.38. The highest BCUT2D eigenvalue weighted by molar-refractivity contribution is 5.76. The van der Waals surface area contributed by atoms with Gasteiger partial charge in [0.25, 0.3) is 0 Å². The molecule has 0 heterocycles. The monoisotopic (exact) mass is 339 g/mol. The fraction of sp³-hybridized carbons (Fsp3) is 0.857. The molecule has 2 unspecified atom stereocenters. The summed E-state index contributed by atoms with van der Waals surface area (Å²) in [7, 11) is 0. The molecule has 0 aromatic heterocycles. The van der Waals surface area contributed by atoms with Crippen LogP contribution in [0.4, 0.5) is 0 Å². The van der Waals surface area contributed by atoms with Crippen molar-refractivity contribution in [3.8, 4) is 0 Å². The van der Waals surface area contributed by atoms with Crippen molar-refractivity contribution < 1.29 is 9.90 Å². The molecule has 0 spiro atoms. The van der Waals surface area contributed by atoms with Gasteiger partial charge in [-0.1, -0.05) is 70.4 Å². The first kappa shape index (κ1) is 23.2. The maximum Gasteiger partial charge on any atom is 0.220 e. The van der Waals surface area contributed by atoms with Crippen molar-refractivity contribution in [2.24, 2.45) is 11.7 Å². The molecule has 0 bridgehead atoms. The number of primary amides is 1. The summed E-state index contributed by atoms with van der Waals surface area (Å²) in [6.07, 6.45) is 20.7. The topological polar surface area (TPSA) is 63.3 Å². The summed E-state index contributed by atoms with van der Waals surface area (Å²) in [6.45, 7) is 3.97. The third kappa shape index (κ3) is 16.0. The summed E-state index contributed by atoms with van der Waals surface area (Å²) < 4.78 is 0. The van der Waals surface area contributed by atoms with Crippen LogP contribution < -0.4 is 5.73 Å². The summed E-state index contributed by atoms with van der Waals surface area (Å²) in [6, 6.07) is 0. The Morgan fingerprint density at radius 2 is 1.42 bits per heavy atom. The molecule has 0 aliphatic heterocycles. The smallest absolute Gasteiger partial charge is 0.220 e. The van der Waals surface area contributed by atoms with Crippen LogP contribution in [-0.4, -0.2) is 17.1 Å². The number of carbonyl (C=O) groups is 1. The van der Waals surface area contributed by atoms with E-state index in [4.69, 9.17) is 5.73 Å². The molecule has 3 nitrogen and oxygen atoms in total. The Morgan fingerprint density at radius 3 is 1.92 bits per heavy atom. The van der Waals surface area contributed by atoms with E-state index >= 15 is 0 Å². The van der Waals surface area contributed by atoms with Crippen LogP contribution in [0.15, 0.2) is 12.2 Å². The number of amides is 1. The van der Waals surface area contributed by atoms with Crippen LogP contribution in [-0.2, 0) is 4.79 Å². The highest BCUT2D eigenvalue weighted by Crippen LogP contribution is 2.16. The van der Waals surface area contributed by atoms with Crippen LogP contribution in [0, 0.1) is 5.92 Å². The van der Waals surface area contributed by atoms with E-state index in [1.54, 1.807) is 6.92 Å². The molecule has 0 aliphatic carbocycles. The number of carbonyl (C=O) groups excluding carboxylic acids is 1. The van der Waals surface area contributed by atoms with Crippen molar-refractivity contribution in [2.75, 3.05) is 0 Å². The van der Waals surface area contributed by atoms with Gasteiger partial charge in [-0.25, -0.2) is 0 Å². The third-order valence-electron chi connectivity index (χ3n) is 4.59. The van der Waals surface area contributed by atoms with Gasteiger partial charge in [-0.15, -0.1) is 0 Å². The second-order valence-electron chi connectivity index (χ2n) is 7.20. The number of hydrogen-bond acceptors (Lipinski definition) is 2. The lowest BCUT2D eigenvalue weighted by atomic mass is 9.94. The Morgan fingerprint density at radius 1 is 0.917 bits per heavy atom. The van der Waals surface area contributed by atoms with Gasteiger partial charge < -0.3 is 10.8 Å². The molecule has 142 valence electrons. The molecule has 0 saturated heterocycles. The fourth-order valence-corrected chi connectivity index (χ4v) is 3.07. The second kappa shape index (κ2) is 17.0. The molecule has 0 aliphatic rings. The van der Waals surface area contributed by atoms with Crippen molar-refractivity contribution in [3.63, 3.8) is 0 Å². The number of hydrogen-bond donors (Lipinski definition) is 2. The maximum atomic E-state index is 11.3. The molecule has 24 heavy (non-hydrogen) atoms. The van der Waals surface area contributed by atoms with Gasteiger partial charge in [0.2, 0.25) is 5.91 Å². The summed E-state index contributed by atoms with van der Waals surface area (Å²) >= 11 is 0. The van der Waals surface area contributed by atoms with Crippen LogP contribution >= 0.6 is 0 Å². The van der Waals surface area contributed by atoms with E-state index in [0.29, 0.717) is 6.42 Å². The largest absolute Gasteiger partial charge is 0.393 e. The Balaban J connectivity index is 3.40. The Bertz CT molecular complexity index is 313. The Hall–Kier alpha value is -0.830. The van der Waals surface area contributed by atoms with E-state index in [1.165, 1.54) is 64.2 Å². The molecular weight excluding hydrogens is 298 g/mol. The summed E-state index contributed by atoms with van der Waals surface area (Å²) in [5.74, 6) is -0.434. The zero-order valence-electron chi connectivity index (χ0n) is 16.1. The van der Waals surface area contributed by atoms with Crippen LogP contribution in [0.3, 0.4) is 0 Å². The SMILES string of the molecule is CCCCCCCC/C=C\CCCCCCC(CC(C)O)C(N)=O. The maximum absolute atomic E-state index is 11.3. The zero-order valence-corrected chi connectivity index (χ0v) is 16.1. The van der Waals surface area contributed by atoms with Crippen molar-refractivity contribution in [1.29, 1.82) is 0 Å². The highest BCUT2D eigenvalue weighted by atomic mass is 16.3. The van der Waals surface area contributed by atoms with Gasteiger partial charge in [0.15, 0.2) is 0 Å². The average molecular weight is 340 g/mol. The van der Waals surface area contributed by atoms with Gasteiger partial charge in [0.05, 0.1) is 6.10 Å². The minimum absolute atomic E-state index is 0.165. The van der Waals surface area contributed by atoms with Crippen molar-refractivity contribution in [3.05, 3.63) is 12.2 Å². The predicted molar refractivity (Wildman–Crippen MR) is 104 cm³/mol. The number of nitrogens with two attached hydrogens (primary N) is 1. The van der Waals surface area contributed by atoms with E-state index in [2.05, 4.69) is 19.1 Å². The molecule has 3 N–H and O–H groups in total. The number of aliphatic hydroxyl groups is 1. The van der Waals surface area contributed by atoms with Gasteiger partial charge in [0, 0.05) is 5.92 Å². The minimum atomic E-state index is -0.445. The number of unbranched alkanes of at least 4 members (excludes halogenated alkanes) is 10. The molecule has 2 atom stereocenters. The minimum Gasteiger partial charge on any atom is -0.393 e. The lowest BCUT2D eigenvalue weighted by molar-refractivity contribution is -0.123. The molecule has 0 fully saturated rings. The molecule has 0 aromatic rings. The van der Waals surface area contributed by atoms with E-state index in [1.807, 2.05) is 0 Å². The summed E-state index contributed by atoms with van der Waals surface area (Å²) in [4.78, 5) is 11.3. The lowest BCUT2D eigenvalue weighted by Gasteiger charge is -2.14. The first-order chi connectivity index (χ1) is 11.6. The normalized spacial score (nSPS) is 14.1. The van der Waals surface area contributed by atoms with E-state index in [-0.39, 0.29) is 11.8 Å². The lowest BCUT2D eigenvalue weighted by Crippen LogP contribution is -2.26. The number of rotatable bonds is 17. The molecular formula is C21H41NO2. The average Bonchev–Trinajstić information content (AvgIpc) is 2.53. The van der Waals surface area contributed by atoms with Gasteiger partial charge in [-0.3, -0.25) is 4.79 Å². The van der Waals surface area contributed by atoms with Gasteiger partial charge in [-0.05, 0) is 45.4 Å². The first-order valence-electron chi connectivity index (χ1n) is 10.2. The molecule has 0 saturated carbocycles. The molecule has 1 amide bonds. The first-order valence-corrected chi connectivity index (χ1v) is 10.2. The number of aliphatic hydroxyl groups excluding tert-OH is 1. The van der Waals surface area contributed by atoms with E-state index in [9.17, 15) is 9.90 Å². The van der Waals surface area contributed by atoms with Crippen LogP contribution in [0.2, 0.25) is 0 Å². The van der Waals surface area contributed by atoms with Crippen LogP contribution in [0.5, 0.6) is 0 Å². The molecule has 0 rings (SSSR count). The zero-order chi connectivity index (χ0) is 18.0. The quantitative estimate of drug-likeness (QED) is 0.271. The Labute approximate surface area is 150 Å². The van der Waals surface area contributed by atoms with Crippen molar-refractivity contribution >= 4 is 5.91 Å². The van der Waals surface area contributed by atoms with Crippen molar-refractivity contribution in [1.82, 2.24) is 0 Å². The summed E-state index contributed by atoms with van der Waals surface area (Å²) in [5, 5.41) is 9.37. The van der Waals surface area contributed by atoms with Crippen molar-refractivity contribution in [2.45, 2.75) is 110 Å². The van der Waals surface area contributed by atoms with Crippen LogP contribution in [0.1, 0.15) is 104 Å². The highest BCUT2D eigenvalue weighted by Gasteiger charge is 2.16. The number of allylic oxidation sites excluding steroid dienone is 2. The van der Waals surface area contributed by atoms with Gasteiger partial charge in [-0.2, -0.15) is 0 Å². The molecule has 3 heteroatoms. The van der Waals surface area contributed by atoms with Gasteiger partial charge in [0.1, 0.15) is 0 Å². The predicted octanol–water partition coefficient (Wildman–Crippen LogP) is 5.51. The van der Waals surface area contributed by atoms with E-state index in [0.717, 1.165) is 19.3 Å². The molecule has 0 radical (unpaired) electrons. The third-order valence-corrected chi connectivity index (χ3v) is 4.59. The van der Waals surface area contributed by atoms with Crippen LogP contribution in [0.25, 0.3) is 0 Å². The van der Waals surface area contributed by atoms with E-state index < -0.39 is 6.10 Å². The van der Waals surface area contributed by atoms with Gasteiger partial charge >= 0.3 is 0 Å². The molecule has 0 aromatic carbocycles. The second-order valence-corrected chi connectivity index (χ2v) is 7.20. The Kier molecular flexibility index (Phi) is 16.4. The standard InChI is InChI=1S/C21H41NO2/c1-3-4-5-6-7-8-9-10-11-12-13-14-15-16-17-20(21(22)24)18-19(2)23/h10-11,19-20,23H,3-9,12-18H2,1-2H3,(H2,22,24)/b11-10-. The fourth-order valence-electron chi connectivity index (χ4n) is 3.07.